The molecule has 6 heteroatoms. The Labute approximate surface area is 171 Å². The zero-order valence-electron chi connectivity index (χ0n) is 16.8. The number of piperidine rings is 1. The van der Waals surface area contributed by atoms with E-state index in [1.807, 2.05) is 30.3 Å². The lowest BCUT2D eigenvalue weighted by atomic mass is 9.85. The molecule has 2 saturated heterocycles. The number of hydrogen-bond donors (Lipinski definition) is 1. The molecular formula is C23H27N3O3. The predicted octanol–water partition coefficient (Wildman–Crippen LogP) is 2.43. The molecule has 1 atom stereocenters. The van der Waals surface area contributed by atoms with Crippen LogP contribution in [0.3, 0.4) is 0 Å². The third-order valence-electron chi connectivity index (χ3n) is 6.56. The summed E-state index contributed by atoms with van der Waals surface area (Å²) in [6.07, 6.45) is 2.70. The summed E-state index contributed by atoms with van der Waals surface area (Å²) in [6, 6.07) is 16.3. The van der Waals surface area contributed by atoms with Crippen molar-refractivity contribution >= 4 is 11.6 Å². The van der Waals surface area contributed by atoms with E-state index in [4.69, 9.17) is 9.47 Å². The van der Waals surface area contributed by atoms with Crippen LogP contribution < -0.4 is 19.7 Å². The number of carbonyl (C=O) groups excluding carboxylic acids is 1. The van der Waals surface area contributed by atoms with E-state index in [-0.39, 0.29) is 12.0 Å². The highest BCUT2D eigenvalue weighted by atomic mass is 16.5. The second-order valence-corrected chi connectivity index (χ2v) is 8.15. The van der Waals surface area contributed by atoms with Gasteiger partial charge in [-0.3, -0.25) is 9.69 Å². The Morgan fingerprint density at radius 2 is 1.93 bits per heavy atom. The Morgan fingerprint density at radius 3 is 2.69 bits per heavy atom. The first-order valence-corrected chi connectivity index (χ1v) is 10.4. The highest BCUT2D eigenvalue weighted by molar-refractivity contribution is 5.93. The van der Waals surface area contributed by atoms with Gasteiger partial charge in [0.25, 0.3) is 0 Å². The number of rotatable bonds is 4. The number of likely N-dealkylation sites (tertiary alicyclic amines) is 1. The first-order chi connectivity index (χ1) is 14.2. The fourth-order valence-corrected chi connectivity index (χ4v) is 5.00. The molecule has 0 radical (unpaired) electrons. The lowest BCUT2D eigenvalue weighted by Crippen LogP contribution is -2.57. The van der Waals surface area contributed by atoms with Crippen LogP contribution >= 0.6 is 0 Å². The maximum absolute atomic E-state index is 12.8. The summed E-state index contributed by atoms with van der Waals surface area (Å²) in [5, 5.41) is 3.07. The average molecular weight is 393 g/mol. The van der Waals surface area contributed by atoms with Gasteiger partial charge in [-0.2, -0.15) is 0 Å². The number of nitrogens with one attached hydrogen (secondary N) is 1. The molecule has 152 valence electrons. The Bertz CT molecular complexity index is 893. The zero-order valence-corrected chi connectivity index (χ0v) is 16.8. The van der Waals surface area contributed by atoms with Gasteiger partial charge >= 0.3 is 0 Å². The van der Waals surface area contributed by atoms with Gasteiger partial charge < -0.3 is 19.7 Å². The largest absolute Gasteiger partial charge is 0.493 e. The maximum atomic E-state index is 12.8. The number of anilines is 1. The molecule has 2 aromatic rings. The summed E-state index contributed by atoms with van der Waals surface area (Å²) in [5.41, 5.74) is 1.90. The second-order valence-electron chi connectivity index (χ2n) is 8.15. The smallest absolute Gasteiger partial charge is 0.247 e. The predicted molar refractivity (Wildman–Crippen MR) is 111 cm³/mol. The van der Waals surface area contributed by atoms with Crippen molar-refractivity contribution in [3.05, 3.63) is 54.1 Å². The van der Waals surface area contributed by atoms with Gasteiger partial charge in [-0.25, -0.2) is 0 Å². The van der Waals surface area contributed by atoms with Gasteiger partial charge in [0.15, 0.2) is 11.5 Å². The highest BCUT2D eigenvalue weighted by Crippen LogP contribution is 2.39. The van der Waals surface area contributed by atoms with Crippen molar-refractivity contribution in [2.45, 2.75) is 30.9 Å². The Balaban J connectivity index is 1.24. The fraction of sp³-hybridized carbons (Fsp3) is 0.435. The van der Waals surface area contributed by atoms with Gasteiger partial charge in [-0.15, -0.1) is 0 Å². The SMILES string of the molecule is COc1cccc2c1OC(CN1CCC3(CC1)C(=O)NCN3c1ccccc1)C2. The second kappa shape index (κ2) is 7.26. The van der Waals surface area contributed by atoms with Crippen molar-refractivity contribution in [2.75, 3.05) is 38.3 Å². The minimum absolute atomic E-state index is 0.137. The molecule has 2 aromatic carbocycles. The molecule has 0 aliphatic carbocycles. The van der Waals surface area contributed by atoms with Gasteiger partial charge in [-0.05, 0) is 31.0 Å². The molecule has 3 aliphatic heterocycles. The van der Waals surface area contributed by atoms with Crippen LogP contribution in [0.25, 0.3) is 0 Å². The summed E-state index contributed by atoms with van der Waals surface area (Å²) in [4.78, 5) is 17.5. The summed E-state index contributed by atoms with van der Waals surface area (Å²) < 4.78 is 11.6. The summed E-state index contributed by atoms with van der Waals surface area (Å²) >= 11 is 0. The minimum Gasteiger partial charge on any atom is -0.493 e. The average Bonchev–Trinajstić information content (AvgIpc) is 3.31. The molecule has 3 heterocycles. The standard InChI is InChI=1S/C23H27N3O3/c1-28-20-9-5-6-17-14-19(29-21(17)20)15-25-12-10-23(11-13-25)22(27)24-16-26(23)18-7-3-2-4-8-18/h2-9,19H,10-16H2,1H3,(H,24,27). The lowest BCUT2D eigenvalue weighted by Gasteiger charge is -2.43. The molecule has 0 aromatic heterocycles. The van der Waals surface area contributed by atoms with E-state index >= 15 is 0 Å². The summed E-state index contributed by atoms with van der Waals surface area (Å²) in [7, 11) is 1.68. The molecule has 29 heavy (non-hydrogen) atoms. The van der Waals surface area contributed by atoms with Crippen molar-refractivity contribution in [2.24, 2.45) is 0 Å². The van der Waals surface area contributed by atoms with E-state index in [1.165, 1.54) is 5.56 Å². The number of methoxy groups -OCH3 is 1. The molecule has 6 nitrogen and oxygen atoms in total. The molecule has 0 saturated carbocycles. The Kier molecular flexibility index (Phi) is 4.59. The number of nitrogens with zero attached hydrogens (tertiary/aromatic N) is 2. The molecule has 3 aliphatic rings. The van der Waals surface area contributed by atoms with Crippen LogP contribution in [0.15, 0.2) is 48.5 Å². The monoisotopic (exact) mass is 393 g/mol. The van der Waals surface area contributed by atoms with E-state index in [0.717, 1.165) is 56.1 Å². The van der Waals surface area contributed by atoms with Crippen LogP contribution in [0.2, 0.25) is 0 Å². The number of fused-ring (bicyclic) bond motifs is 1. The first kappa shape index (κ1) is 18.3. The van der Waals surface area contributed by atoms with Gasteiger partial charge in [0.2, 0.25) is 5.91 Å². The molecule has 1 amide bonds. The van der Waals surface area contributed by atoms with Crippen molar-refractivity contribution in [1.82, 2.24) is 10.2 Å². The summed E-state index contributed by atoms with van der Waals surface area (Å²) in [5.74, 6) is 1.86. The number of ether oxygens (including phenoxy) is 2. The first-order valence-electron chi connectivity index (χ1n) is 10.4. The van der Waals surface area contributed by atoms with E-state index in [9.17, 15) is 4.79 Å². The number of amides is 1. The zero-order chi connectivity index (χ0) is 19.8. The molecule has 1 unspecified atom stereocenters. The van der Waals surface area contributed by atoms with Crippen molar-refractivity contribution in [1.29, 1.82) is 0 Å². The van der Waals surface area contributed by atoms with E-state index in [1.54, 1.807) is 7.11 Å². The third kappa shape index (κ3) is 3.12. The molecule has 2 fully saturated rings. The molecule has 0 bridgehead atoms. The number of carbonyl (C=O) groups is 1. The normalized spacial score (nSPS) is 23.0. The van der Waals surface area contributed by atoms with Crippen molar-refractivity contribution < 1.29 is 14.3 Å². The highest BCUT2D eigenvalue weighted by Gasteiger charge is 2.50. The van der Waals surface area contributed by atoms with Crippen LogP contribution in [-0.4, -0.2) is 55.9 Å². The van der Waals surface area contributed by atoms with Gasteiger partial charge in [0.1, 0.15) is 11.6 Å². The van der Waals surface area contributed by atoms with Crippen LogP contribution in [0.1, 0.15) is 18.4 Å². The van der Waals surface area contributed by atoms with E-state index < -0.39 is 5.54 Å². The topological polar surface area (TPSA) is 54.0 Å². The molecule has 1 spiro atoms. The van der Waals surface area contributed by atoms with Crippen molar-refractivity contribution in [3.63, 3.8) is 0 Å². The lowest BCUT2D eigenvalue weighted by molar-refractivity contribution is -0.125. The molecule has 1 N–H and O–H groups in total. The van der Waals surface area contributed by atoms with Gasteiger partial charge in [0, 0.05) is 37.3 Å². The van der Waals surface area contributed by atoms with Crippen LogP contribution in [0, 0.1) is 0 Å². The number of hydrogen-bond acceptors (Lipinski definition) is 5. The number of para-hydroxylation sites is 2. The van der Waals surface area contributed by atoms with E-state index in [0.29, 0.717) is 6.67 Å². The van der Waals surface area contributed by atoms with Gasteiger partial charge in [0.05, 0.1) is 13.8 Å². The van der Waals surface area contributed by atoms with E-state index in [2.05, 4.69) is 33.3 Å². The third-order valence-corrected chi connectivity index (χ3v) is 6.56. The Morgan fingerprint density at radius 1 is 1.14 bits per heavy atom. The van der Waals surface area contributed by atoms with Crippen LogP contribution in [0.4, 0.5) is 5.69 Å². The van der Waals surface area contributed by atoms with Gasteiger partial charge in [-0.1, -0.05) is 30.3 Å². The quantitative estimate of drug-likeness (QED) is 0.865. The number of benzene rings is 2. The summed E-state index contributed by atoms with van der Waals surface area (Å²) in [6.45, 7) is 3.25. The molecule has 5 rings (SSSR count). The fourth-order valence-electron chi connectivity index (χ4n) is 5.00. The Hall–Kier alpha value is -2.73. The molecular weight excluding hydrogens is 366 g/mol. The van der Waals surface area contributed by atoms with Crippen LogP contribution in [0.5, 0.6) is 11.5 Å². The van der Waals surface area contributed by atoms with Crippen LogP contribution in [-0.2, 0) is 11.2 Å². The minimum atomic E-state index is -0.430. The maximum Gasteiger partial charge on any atom is 0.247 e. The van der Waals surface area contributed by atoms with Crippen molar-refractivity contribution in [3.8, 4) is 11.5 Å².